The summed E-state index contributed by atoms with van der Waals surface area (Å²) in [6.07, 6.45) is 3.94. The highest BCUT2D eigenvalue weighted by molar-refractivity contribution is 6.31. The lowest BCUT2D eigenvalue weighted by Gasteiger charge is -2.21. The molecule has 0 heterocycles. The first-order chi connectivity index (χ1) is 9.60. The van der Waals surface area contributed by atoms with Crippen LogP contribution in [0, 0.1) is 17.8 Å². The molecule has 4 heteroatoms. The summed E-state index contributed by atoms with van der Waals surface area (Å²) in [5.41, 5.74) is 1.51. The Labute approximate surface area is 123 Å². The summed E-state index contributed by atoms with van der Waals surface area (Å²) in [5.74, 6) is 1.19. The number of Topliss-reactive ketones (excluding diaryl/α,β-unsaturated/α-hetero) is 1. The van der Waals surface area contributed by atoms with Gasteiger partial charge in [-0.2, -0.15) is 0 Å². The lowest BCUT2D eigenvalue weighted by molar-refractivity contribution is -0.125. The molecule has 0 radical (unpaired) electrons. The fourth-order valence-electron chi connectivity index (χ4n) is 3.70. The summed E-state index contributed by atoms with van der Waals surface area (Å²) in [5, 5.41) is 3.25. The lowest BCUT2D eigenvalue weighted by Crippen LogP contribution is -2.24. The van der Waals surface area contributed by atoms with Crippen LogP contribution in [-0.2, 0) is 11.2 Å². The van der Waals surface area contributed by atoms with Crippen molar-refractivity contribution in [1.82, 2.24) is 5.32 Å². The van der Waals surface area contributed by atoms with Gasteiger partial charge < -0.3 is 5.32 Å². The van der Waals surface area contributed by atoms with Crippen molar-refractivity contribution in [3.8, 4) is 0 Å². The molecule has 1 aromatic rings. The monoisotopic (exact) mass is 291 g/mol. The van der Waals surface area contributed by atoms with Crippen molar-refractivity contribution in [2.75, 3.05) is 7.05 Å². The standard InChI is InChI=1S/C16H18ClNO2/c1-18-16(20)11-4-5-14(17)12(7-11)8-13-9-2-3-10(6-9)15(13)19/h4-5,7,9-10,13H,2-3,6,8H2,1H3,(H,18,20). The molecule has 0 spiro atoms. The quantitative estimate of drug-likeness (QED) is 0.931. The van der Waals surface area contributed by atoms with Crippen LogP contribution in [0.1, 0.15) is 35.2 Å². The van der Waals surface area contributed by atoms with E-state index < -0.39 is 0 Å². The summed E-state index contributed by atoms with van der Waals surface area (Å²) >= 11 is 6.23. The highest BCUT2D eigenvalue weighted by Crippen LogP contribution is 2.47. The molecule has 2 saturated carbocycles. The van der Waals surface area contributed by atoms with E-state index in [1.807, 2.05) is 6.07 Å². The van der Waals surface area contributed by atoms with Crippen LogP contribution in [0.4, 0.5) is 0 Å². The lowest BCUT2D eigenvalue weighted by atomic mass is 9.83. The van der Waals surface area contributed by atoms with Crippen molar-refractivity contribution < 1.29 is 9.59 Å². The van der Waals surface area contributed by atoms with Crippen LogP contribution in [0.2, 0.25) is 5.02 Å². The van der Waals surface area contributed by atoms with Crippen molar-refractivity contribution in [3.63, 3.8) is 0 Å². The van der Waals surface area contributed by atoms with Crippen molar-refractivity contribution in [1.29, 1.82) is 0 Å². The number of ketones is 1. The maximum Gasteiger partial charge on any atom is 0.251 e. The van der Waals surface area contributed by atoms with E-state index in [0.29, 0.717) is 28.7 Å². The van der Waals surface area contributed by atoms with E-state index in [2.05, 4.69) is 5.32 Å². The molecular formula is C16H18ClNO2. The Morgan fingerprint density at radius 2 is 2.20 bits per heavy atom. The van der Waals surface area contributed by atoms with E-state index in [-0.39, 0.29) is 17.7 Å². The van der Waals surface area contributed by atoms with Gasteiger partial charge in [-0.05, 0) is 55.4 Å². The Hall–Kier alpha value is -1.35. The number of carbonyl (C=O) groups is 2. The number of halogens is 1. The Balaban J connectivity index is 1.83. The van der Waals surface area contributed by atoms with Crippen LogP contribution in [-0.4, -0.2) is 18.7 Å². The fraction of sp³-hybridized carbons (Fsp3) is 0.500. The maximum atomic E-state index is 12.2. The third-order valence-electron chi connectivity index (χ3n) is 4.78. The van der Waals surface area contributed by atoms with Crippen LogP contribution in [0.25, 0.3) is 0 Å². The SMILES string of the molecule is CNC(=O)c1ccc(Cl)c(CC2C(=O)C3CCC2C3)c1. The number of rotatable bonds is 3. The van der Waals surface area contributed by atoms with Crippen molar-refractivity contribution in [2.45, 2.75) is 25.7 Å². The molecule has 0 aliphatic heterocycles. The van der Waals surface area contributed by atoms with Gasteiger partial charge in [-0.3, -0.25) is 9.59 Å². The first-order valence-corrected chi connectivity index (χ1v) is 7.52. The molecule has 3 nitrogen and oxygen atoms in total. The Morgan fingerprint density at radius 3 is 2.85 bits per heavy atom. The molecular weight excluding hydrogens is 274 g/mol. The van der Waals surface area contributed by atoms with E-state index in [1.54, 1.807) is 19.2 Å². The number of fused-ring (bicyclic) bond motifs is 2. The predicted molar refractivity (Wildman–Crippen MR) is 77.9 cm³/mol. The predicted octanol–water partition coefficient (Wildman–Crippen LogP) is 2.86. The third kappa shape index (κ3) is 2.24. The Kier molecular flexibility index (Phi) is 3.55. The van der Waals surface area contributed by atoms with Gasteiger partial charge in [0.05, 0.1) is 0 Å². The minimum atomic E-state index is -0.123. The highest BCUT2D eigenvalue weighted by Gasteiger charge is 2.46. The molecule has 3 atom stereocenters. The number of hydrogen-bond donors (Lipinski definition) is 1. The van der Waals surface area contributed by atoms with Gasteiger partial charge in [0.15, 0.2) is 0 Å². The summed E-state index contributed by atoms with van der Waals surface area (Å²) in [6.45, 7) is 0. The van der Waals surface area contributed by atoms with Gasteiger partial charge >= 0.3 is 0 Å². The number of benzene rings is 1. The second-order valence-corrected chi connectivity index (χ2v) is 6.28. The van der Waals surface area contributed by atoms with Crippen LogP contribution in [0.3, 0.4) is 0 Å². The van der Waals surface area contributed by atoms with Crippen LogP contribution < -0.4 is 5.32 Å². The van der Waals surface area contributed by atoms with E-state index >= 15 is 0 Å². The van der Waals surface area contributed by atoms with Crippen LogP contribution in [0.5, 0.6) is 0 Å². The Morgan fingerprint density at radius 1 is 1.40 bits per heavy atom. The van der Waals surface area contributed by atoms with Gasteiger partial charge in [-0.1, -0.05) is 11.6 Å². The maximum absolute atomic E-state index is 12.2. The average molecular weight is 292 g/mol. The molecule has 0 saturated heterocycles. The molecule has 2 fully saturated rings. The zero-order valence-electron chi connectivity index (χ0n) is 11.5. The first kappa shape index (κ1) is 13.6. The van der Waals surface area contributed by atoms with Gasteiger partial charge in [0, 0.05) is 29.5 Å². The smallest absolute Gasteiger partial charge is 0.251 e. The zero-order chi connectivity index (χ0) is 14.3. The van der Waals surface area contributed by atoms with E-state index in [9.17, 15) is 9.59 Å². The third-order valence-corrected chi connectivity index (χ3v) is 5.15. The fourth-order valence-corrected chi connectivity index (χ4v) is 3.89. The summed E-state index contributed by atoms with van der Waals surface area (Å²) in [6, 6.07) is 5.28. The van der Waals surface area contributed by atoms with Gasteiger partial charge in [-0.25, -0.2) is 0 Å². The molecule has 3 rings (SSSR count). The minimum absolute atomic E-state index is 0.103. The van der Waals surface area contributed by atoms with Crippen LogP contribution >= 0.6 is 11.6 Å². The van der Waals surface area contributed by atoms with Gasteiger partial charge in [0.25, 0.3) is 5.91 Å². The largest absolute Gasteiger partial charge is 0.355 e. The molecule has 2 aliphatic rings. The summed E-state index contributed by atoms with van der Waals surface area (Å²) < 4.78 is 0. The number of carbonyl (C=O) groups excluding carboxylic acids is 2. The molecule has 0 aromatic heterocycles. The first-order valence-electron chi connectivity index (χ1n) is 7.14. The minimum Gasteiger partial charge on any atom is -0.355 e. The van der Waals surface area contributed by atoms with Gasteiger partial charge in [-0.15, -0.1) is 0 Å². The van der Waals surface area contributed by atoms with Crippen molar-refractivity contribution >= 4 is 23.3 Å². The normalized spacial score (nSPS) is 27.9. The van der Waals surface area contributed by atoms with Crippen molar-refractivity contribution in [3.05, 3.63) is 34.3 Å². The summed E-state index contributed by atoms with van der Waals surface area (Å²) in [4.78, 5) is 23.9. The van der Waals surface area contributed by atoms with E-state index in [4.69, 9.17) is 11.6 Å². The number of amides is 1. The molecule has 1 aromatic carbocycles. The van der Waals surface area contributed by atoms with Gasteiger partial charge in [0.1, 0.15) is 5.78 Å². The highest BCUT2D eigenvalue weighted by atomic mass is 35.5. The van der Waals surface area contributed by atoms with Crippen molar-refractivity contribution in [2.24, 2.45) is 17.8 Å². The number of hydrogen-bond acceptors (Lipinski definition) is 2. The zero-order valence-corrected chi connectivity index (χ0v) is 12.2. The molecule has 2 aliphatic carbocycles. The second kappa shape index (κ2) is 5.21. The molecule has 20 heavy (non-hydrogen) atoms. The molecule has 3 unspecified atom stereocenters. The van der Waals surface area contributed by atoms with Crippen LogP contribution in [0.15, 0.2) is 18.2 Å². The summed E-state index contributed by atoms with van der Waals surface area (Å²) in [7, 11) is 1.61. The van der Waals surface area contributed by atoms with Gasteiger partial charge in [0.2, 0.25) is 0 Å². The topological polar surface area (TPSA) is 46.2 Å². The van der Waals surface area contributed by atoms with E-state index in [0.717, 1.165) is 24.8 Å². The molecule has 106 valence electrons. The van der Waals surface area contributed by atoms with E-state index in [1.165, 1.54) is 0 Å². The second-order valence-electron chi connectivity index (χ2n) is 5.87. The number of nitrogens with one attached hydrogen (secondary N) is 1. The molecule has 2 bridgehead atoms. The average Bonchev–Trinajstić information content (AvgIpc) is 3.03. The molecule has 1 N–H and O–H groups in total. The Bertz CT molecular complexity index is 570. The molecule has 1 amide bonds.